The van der Waals surface area contributed by atoms with E-state index < -0.39 is 16.0 Å². The Morgan fingerprint density at radius 1 is 1.33 bits per heavy atom. The molecule has 0 atom stereocenters. The Balaban J connectivity index is 0. The molecule has 0 aromatic heterocycles. The molecule has 6 heteroatoms. The third kappa shape index (κ3) is 15.4. The molecule has 86 valence electrons. The smallest absolute Gasteiger partial charge is 0.268 e. The molecule has 0 fully saturated rings. The fourth-order valence-corrected chi connectivity index (χ4v) is 0.722. The number of carbonyl (C=O) groups is 1. The van der Waals surface area contributed by atoms with Crippen molar-refractivity contribution in [3.63, 3.8) is 0 Å². The van der Waals surface area contributed by atoms with Crippen LogP contribution in [0.2, 0.25) is 0 Å². The minimum Gasteiger partial charge on any atom is -0.366 e. The van der Waals surface area contributed by atoms with E-state index in [2.05, 4.69) is 19.7 Å². The number of carbonyl (C=O) groups excluding carboxylic acids is 1. The normalized spacial score (nSPS) is 9.40. The Labute approximate surface area is 89.7 Å². The largest absolute Gasteiger partial charge is 0.366 e. The van der Waals surface area contributed by atoms with Crippen LogP contribution in [-0.2, 0) is 14.9 Å². The first kappa shape index (κ1) is 16.0. The highest BCUT2D eigenvalue weighted by Gasteiger charge is 1.96. The fraction of sp³-hybridized carbons (Fsp3) is 0.222. The number of hydrogen-bond acceptors (Lipinski definition) is 3. The highest BCUT2D eigenvalue weighted by molar-refractivity contribution is 7.85. The Morgan fingerprint density at radius 3 is 1.87 bits per heavy atom. The second kappa shape index (κ2) is 7.95. The third-order valence-electron chi connectivity index (χ3n) is 1.07. The van der Waals surface area contributed by atoms with Crippen LogP contribution in [0.15, 0.2) is 37.5 Å². The first-order chi connectivity index (χ1) is 6.74. The number of rotatable bonds is 5. The molecule has 0 rings (SSSR count). The molecule has 0 saturated carbocycles. The van der Waals surface area contributed by atoms with Gasteiger partial charge in [0.1, 0.15) is 0 Å². The van der Waals surface area contributed by atoms with E-state index in [4.69, 9.17) is 10.3 Å². The van der Waals surface area contributed by atoms with Crippen molar-refractivity contribution >= 4 is 16.0 Å². The topological polar surface area (TPSA) is 97.5 Å². The van der Waals surface area contributed by atoms with Crippen molar-refractivity contribution in [3.8, 4) is 0 Å². The predicted molar refractivity (Wildman–Crippen MR) is 59.8 cm³/mol. The predicted octanol–water partition coefficient (Wildman–Crippen LogP) is 0.664. The summed E-state index contributed by atoms with van der Waals surface area (Å²) in [6.45, 7) is 9.92. The van der Waals surface area contributed by atoms with Gasteiger partial charge in [-0.05, 0) is 6.42 Å². The molecule has 15 heavy (non-hydrogen) atoms. The summed E-state index contributed by atoms with van der Waals surface area (Å²) in [5, 5.41) is 0. The third-order valence-corrected chi connectivity index (χ3v) is 1.72. The first-order valence-corrected chi connectivity index (χ1v) is 5.50. The molecule has 5 nitrogen and oxygen atoms in total. The molecule has 0 radical (unpaired) electrons. The van der Waals surface area contributed by atoms with Gasteiger partial charge in [-0.1, -0.05) is 18.7 Å². The van der Waals surface area contributed by atoms with Gasteiger partial charge in [-0.25, -0.2) is 0 Å². The molecule has 0 unspecified atom stereocenters. The van der Waals surface area contributed by atoms with Gasteiger partial charge >= 0.3 is 0 Å². The van der Waals surface area contributed by atoms with Crippen LogP contribution in [0, 0.1) is 0 Å². The minimum atomic E-state index is -3.79. The first-order valence-electron chi connectivity index (χ1n) is 3.89. The zero-order valence-electron chi connectivity index (χ0n) is 8.35. The Hall–Kier alpha value is -1.40. The molecule has 0 bridgehead atoms. The molecule has 3 N–H and O–H groups in total. The van der Waals surface area contributed by atoms with E-state index in [0.717, 1.165) is 6.08 Å². The molecule has 0 aromatic carbocycles. The Bertz CT molecular complexity index is 343. The quantitative estimate of drug-likeness (QED) is 0.414. The van der Waals surface area contributed by atoms with Crippen molar-refractivity contribution in [3.05, 3.63) is 37.5 Å². The van der Waals surface area contributed by atoms with Crippen LogP contribution in [0.5, 0.6) is 0 Å². The lowest BCUT2D eigenvalue weighted by Gasteiger charge is -1.90. The van der Waals surface area contributed by atoms with E-state index in [0.29, 0.717) is 12.0 Å². The van der Waals surface area contributed by atoms with Gasteiger partial charge in [-0.15, -0.1) is 13.2 Å². The molecular formula is C9H15NO4S. The van der Waals surface area contributed by atoms with Crippen molar-refractivity contribution in [1.82, 2.24) is 0 Å². The maximum Gasteiger partial charge on any atom is 0.268 e. The van der Waals surface area contributed by atoms with Crippen LogP contribution >= 0.6 is 0 Å². The van der Waals surface area contributed by atoms with Gasteiger partial charge in [-0.2, -0.15) is 8.42 Å². The lowest BCUT2D eigenvalue weighted by Crippen LogP contribution is -2.12. The zero-order chi connectivity index (χ0) is 12.5. The van der Waals surface area contributed by atoms with Crippen molar-refractivity contribution in [2.24, 2.45) is 5.73 Å². The van der Waals surface area contributed by atoms with Gasteiger partial charge in [-0.3, -0.25) is 9.35 Å². The van der Waals surface area contributed by atoms with E-state index in [1.54, 1.807) is 6.08 Å². The van der Waals surface area contributed by atoms with Crippen LogP contribution < -0.4 is 5.73 Å². The Kier molecular flexibility index (Phi) is 8.51. The number of hydrogen-bond donors (Lipinski definition) is 2. The summed E-state index contributed by atoms with van der Waals surface area (Å²) >= 11 is 0. The number of primary amides is 1. The number of amides is 1. The van der Waals surface area contributed by atoms with Gasteiger partial charge in [0, 0.05) is 5.57 Å². The second-order valence-electron chi connectivity index (χ2n) is 2.50. The van der Waals surface area contributed by atoms with Gasteiger partial charge in [0.2, 0.25) is 5.91 Å². The zero-order valence-corrected chi connectivity index (χ0v) is 9.16. The van der Waals surface area contributed by atoms with E-state index >= 15 is 0 Å². The fourth-order valence-electron chi connectivity index (χ4n) is 0.424. The molecule has 0 aliphatic carbocycles. The summed E-state index contributed by atoms with van der Waals surface area (Å²) in [5.74, 6) is -0.822. The van der Waals surface area contributed by atoms with Crippen LogP contribution in [-0.4, -0.2) is 24.6 Å². The highest BCUT2D eigenvalue weighted by atomic mass is 32.2. The van der Waals surface area contributed by atoms with Crippen LogP contribution in [0.4, 0.5) is 0 Å². The molecular weight excluding hydrogens is 218 g/mol. The average Bonchev–Trinajstić information content (AvgIpc) is 2.03. The highest BCUT2D eigenvalue weighted by Crippen LogP contribution is 1.94. The Morgan fingerprint density at radius 2 is 1.80 bits per heavy atom. The van der Waals surface area contributed by atoms with Crippen LogP contribution in [0.3, 0.4) is 0 Å². The monoisotopic (exact) mass is 233 g/mol. The molecule has 0 aromatic rings. The lowest BCUT2D eigenvalue weighted by molar-refractivity contribution is -0.114. The average molecular weight is 233 g/mol. The molecule has 0 spiro atoms. The van der Waals surface area contributed by atoms with Crippen molar-refractivity contribution in [2.45, 2.75) is 6.42 Å². The van der Waals surface area contributed by atoms with E-state index in [1.807, 2.05) is 0 Å². The van der Waals surface area contributed by atoms with Crippen molar-refractivity contribution in [2.75, 3.05) is 5.75 Å². The van der Waals surface area contributed by atoms with Gasteiger partial charge in [0.05, 0.1) is 5.75 Å². The molecule has 0 aliphatic rings. The van der Waals surface area contributed by atoms with Crippen LogP contribution in [0.1, 0.15) is 6.42 Å². The maximum absolute atomic E-state index is 10.2. The number of allylic oxidation sites excluding steroid dienone is 1. The molecule has 0 aliphatic heterocycles. The summed E-state index contributed by atoms with van der Waals surface area (Å²) in [7, 11) is -3.79. The minimum absolute atomic E-state index is 0.368. The summed E-state index contributed by atoms with van der Waals surface area (Å²) in [6, 6.07) is 0. The SMILES string of the molecule is C=CCC(=C)C(N)=O.C=CCS(=O)(=O)O. The summed E-state index contributed by atoms with van der Waals surface area (Å²) < 4.78 is 27.3. The lowest BCUT2D eigenvalue weighted by atomic mass is 10.2. The maximum atomic E-state index is 10.2. The van der Waals surface area contributed by atoms with Gasteiger partial charge in [0.15, 0.2) is 0 Å². The van der Waals surface area contributed by atoms with Crippen LogP contribution in [0.25, 0.3) is 0 Å². The molecule has 0 saturated heterocycles. The van der Waals surface area contributed by atoms with E-state index in [9.17, 15) is 13.2 Å². The summed E-state index contributed by atoms with van der Waals surface area (Å²) in [6.07, 6.45) is 3.19. The molecule has 0 heterocycles. The number of nitrogens with two attached hydrogens (primary N) is 1. The summed E-state index contributed by atoms with van der Waals surface area (Å²) in [5.41, 5.74) is 5.24. The van der Waals surface area contributed by atoms with Crippen molar-refractivity contribution in [1.29, 1.82) is 0 Å². The van der Waals surface area contributed by atoms with E-state index in [1.165, 1.54) is 0 Å². The van der Waals surface area contributed by atoms with Gasteiger partial charge < -0.3 is 5.73 Å². The summed E-state index contributed by atoms with van der Waals surface area (Å²) in [4.78, 5) is 10.2. The standard InChI is InChI=1S/C6H9NO.C3H6O3S/c1-3-4-5(2)6(7)8;1-2-3-7(4,5)6/h3H,1-2,4H2,(H2,7,8);2H,1,3H2,(H,4,5,6). The van der Waals surface area contributed by atoms with E-state index in [-0.39, 0.29) is 5.75 Å². The molecule has 1 amide bonds. The van der Waals surface area contributed by atoms with Gasteiger partial charge in [0.25, 0.3) is 10.1 Å². The second-order valence-corrected chi connectivity index (χ2v) is 4.00. The van der Waals surface area contributed by atoms with Crippen molar-refractivity contribution < 1.29 is 17.8 Å².